The van der Waals surface area contributed by atoms with Crippen molar-refractivity contribution >= 4 is 17.3 Å². The van der Waals surface area contributed by atoms with Crippen molar-refractivity contribution < 1.29 is 19.5 Å². The van der Waals surface area contributed by atoms with E-state index in [1.54, 1.807) is 6.92 Å². The van der Waals surface area contributed by atoms with Crippen LogP contribution in [-0.2, 0) is 0 Å². The standard InChI is InChI=1S/C15H18N2O3S/c1-10-13(15(18)19)21-14(16-10)11-6-4-5-7-12(11)20-9-8-17(2)3/h4-7H,8-9H2,1-3H3,(H,18,19). The van der Waals surface area contributed by atoms with Crippen LogP contribution >= 0.6 is 11.3 Å². The molecule has 1 aromatic heterocycles. The molecular formula is C15H18N2O3S. The summed E-state index contributed by atoms with van der Waals surface area (Å²) in [6.45, 7) is 3.15. The van der Waals surface area contributed by atoms with Gasteiger partial charge in [-0.15, -0.1) is 11.3 Å². The van der Waals surface area contributed by atoms with E-state index >= 15 is 0 Å². The van der Waals surface area contributed by atoms with Crippen LogP contribution in [0.15, 0.2) is 24.3 Å². The fourth-order valence-corrected chi connectivity index (χ4v) is 2.77. The maximum Gasteiger partial charge on any atom is 0.137 e. The molecule has 0 aliphatic carbocycles. The predicted octanol–water partition coefficient (Wildman–Crippen LogP) is 0.00532. The maximum atomic E-state index is 11.0. The van der Waals surface area contributed by atoms with Gasteiger partial charge in [-0.2, -0.15) is 0 Å². The van der Waals surface area contributed by atoms with E-state index in [1.807, 2.05) is 24.3 Å². The molecule has 0 spiro atoms. The Kier molecular flexibility index (Phi) is 4.93. The number of rotatable bonds is 6. The lowest BCUT2D eigenvalue weighted by Gasteiger charge is -2.11. The molecule has 0 aliphatic heterocycles. The molecule has 21 heavy (non-hydrogen) atoms. The van der Waals surface area contributed by atoms with Gasteiger partial charge >= 0.3 is 0 Å². The first-order valence-corrected chi connectivity index (χ1v) is 7.50. The largest absolute Gasteiger partial charge is 0.544 e. The molecule has 0 saturated carbocycles. The second kappa shape index (κ2) is 6.69. The summed E-state index contributed by atoms with van der Waals surface area (Å²) in [6, 6.07) is 7.53. The van der Waals surface area contributed by atoms with Crippen molar-refractivity contribution in [2.75, 3.05) is 27.2 Å². The molecule has 0 amide bonds. The second-order valence-electron chi connectivity index (χ2n) is 5.02. The number of benzene rings is 1. The lowest BCUT2D eigenvalue weighted by molar-refractivity contribution is -0.858. The molecule has 0 radical (unpaired) electrons. The SMILES string of the molecule is Cc1nc(-c2ccccc2OCC[NH+](C)C)sc1C(=O)[O-]. The van der Waals surface area contributed by atoms with Crippen LogP contribution in [-0.4, -0.2) is 38.2 Å². The molecule has 0 aliphatic rings. The molecule has 0 bridgehead atoms. The number of carbonyl (C=O) groups excluding carboxylic acids is 1. The monoisotopic (exact) mass is 306 g/mol. The van der Waals surface area contributed by atoms with Crippen molar-refractivity contribution in [1.29, 1.82) is 0 Å². The zero-order valence-corrected chi connectivity index (χ0v) is 13.1. The molecule has 2 aromatic rings. The molecule has 0 unspecified atom stereocenters. The Labute approximate surface area is 127 Å². The third-order valence-corrected chi connectivity index (χ3v) is 4.13. The number of nitrogens with zero attached hydrogens (tertiary/aromatic N) is 1. The lowest BCUT2D eigenvalue weighted by atomic mass is 10.2. The highest BCUT2D eigenvalue weighted by atomic mass is 32.1. The van der Waals surface area contributed by atoms with Gasteiger partial charge in [0, 0.05) is 0 Å². The van der Waals surface area contributed by atoms with E-state index in [2.05, 4.69) is 19.1 Å². The Bertz CT molecular complexity index is 638. The quantitative estimate of drug-likeness (QED) is 0.816. The summed E-state index contributed by atoms with van der Waals surface area (Å²) < 4.78 is 5.79. The van der Waals surface area contributed by atoms with E-state index in [9.17, 15) is 9.90 Å². The molecule has 1 heterocycles. The first-order valence-electron chi connectivity index (χ1n) is 6.69. The van der Waals surface area contributed by atoms with Crippen LogP contribution < -0.4 is 14.7 Å². The summed E-state index contributed by atoms with van der Waals surface area (Å²) in [5, 5.41) is 11.7. The van der Waals surface area contributed by atoms with Crippen LogP contribution in [0.1, 0.15) is 15.4 Å². The van der Waals surface area contributed by atoms with Crippen molar-refractivity contribution in [3.63, 3.8) is 0 Å². The van der Waals surface area contributed by atoms with Gasteiger partial charge in [0.15, 0.2) is 0 Å². The normalized spacial score (nSPS) is 10.9. The van der Waals surface area contributed by atoms with Gasteiger partial charge in [0.05, 0.1) is 36.2 Å². The Morgan fingerprint density at radius 1 is 1.38 bits per heavy atom. The Morgan fingerprint density at radius 3 is 2.71 bits per heavy atom. The minimum atomic E-state index is -1.19. The van der Waals surface area contributed by atoms with Crippen LogP contribution in [0.3, 0.4) is 0 Å². The van der Waals surface area contributed by atoms with E-state index in [4.69, 9.17) is 4.74 Å². The average molecular weight is 306 g/mol. The number of hydrogen-bond acceptors (Lipinski definition) is 5. The van der Waals surface area contributed by atoms with Crippen molar-refractivity contribution in [2.24, 2.45) is 0 Å². The number of carbonyl (C=O) groups is 1. The molecule has 1 N–H and O–H groups in total. The van der Waals surface area contributed by atoms with Gasteiger partial charge in [0.25, 0.3) is 0 Å². The first-order chi connectivity index (χ1) is 9.99. The summed E-state index contributed by atoms with van der Waals surface area (Å²) in [7, 11) is 4.12. The molecule has 0 saturated heterocycles. The Balaban J connectivity index is 2.27. The minimum Gasteiger partial charge on any atom is -0.544 e. The highest BCUT2D eigenvalue weighted by Gasteiger charge is 2.14. The van der Waals surface area contributed by atoms with Gasteiger partial charge in [-0.25, -0.2) is 4.98 Å². The number of aromatic carboxylic acids is 1. The molecule has 0 atom stereocenters. The summed E-state index contributed by atoms with van der Waals surface area (Å²) >= 11 is 1.12. The fraction of sp³-hybridized carbons (Fsp3) is 0.333. The Hall–Kier alpha value is -1.92. The van der Waals surface area contributed by atoms with E-state index in [1.165, 1.54) is 4.90 Å². The van der Waals surface area contributed by atoms with Crippen molar-refractivity contribution in [3.05, 3.63) is 34.8 Å². The molecule has 5 nitrogen and oxygen atoms in total. The zero-order valence-electron chi connectivity index (χ0n) is 12.3. The number of carboxylic acids is 1. The third kappa shape index (κ3) is 3.80. The molecule has 0 fully saturated rings. The number of carboxylic acid groups (broad SMARTS) is 1. The Morgan fingerprint density at radius 2 is 2.10 bits per heavy atom. The van der Waals surface area contributed by atoms with Crippen LogP contribution in [0.4, 0.5) is 0 Å². The predicted molar refractivity (Wildman–Crippen MR) is 79.8 cm³/mol. The first kappa shape index (κ1) is 15.5. The van der Waals surface area contributed by atoms with Crippen molar-refractivity contribution in [1.82, 2.24) is 4.98 Å². The van der Waals surface area contributed by atoms with Crippen molar-refractivity contribution in [3.8, 4) is 16.3 Å². The van der Waals surface area contributed by atoms with Crippen LogP contribution in [0.5, 0.6) is 5.75 Å². The van der Waals surface area contributed by atoms with E-state index < -0.39 is 5.97 Å². The number of nitrogens with one attached hydrogen (secondary N) is 1. The van der Waals surface area contributed by atoms with Gasteiger partial charge < -0.3 is 19.5 Å². The number of quaternary nitrogens is 1. The van der Waals surface area contributed by atoms with Gasteiger partial charge in [-0.1, -0.05) is 12.1 Å². The zero-order chi connectivity index (χ0) is 15.4. The van der Waals surface area contributed by atoms with E-state index in [-0.39, 0.29) is 4.88 Å². The summed E-state index contributed by atoms with van der Waals surface area (Å²) in [5.74, 6) is -0.469. The fourth-order valence-electron chi connectivity index (χ4n) is 1.84. The number of hydrogen-bond donors (Lipinski definition) is 1. The van der Waals surface area contributed by atoms with E-state index in [0.717, 1.165) is 29.2 Å². The molecule has 6 heteroatoms. The van der Waals surface area contributed by atoms with Crippen LogP contribution in [0, 0.1) is 6.92 Å². The average Bonchev–Trinajstić information content (AvgIpc) is 2.81. The number of aromatic nitrogens is 1. The third-order valence-electron chi connectivity index (χ3n) is 2.96. The minimum absolute atomic E-state index is 0.164. The molecule has 112 valence electrons. The number of ether oxygens (including phenoxy) is 1. The highest BCUT2D eigenvalue weighted by Crippen LogP contribution is 2.34. The number of aryl methyl sites for hydroxylation is 1. The highest BCUT2D eigenvalue weighted by molar-refractivity contribution is 7.17. The summed E-state index contributed by atoms with van der Waals surface area (Å²) in [6.07, 6.45) is 0. The maximum absolute atomic E-state index is 11.0. The topological polar surface area (TPSA) is 66.7 Å². The summed E-state index contributed by atoms with van der Waals surface area (Å²) in [4.78, 5) is 16.8. The van der Waals surface area contributed by atoms with Gasteiger partial charge in [-0.05, 0) is 19.1 Å². The number of likely N-dealkylation sites (N-methyl/N-ethyl adjacent to an activating group) is 1. The van der Waals surface area contributed by atoms with Gasteiger partial charge in [-0.3, -0.25) is 0 Å². The van der Waals surface area contributed by atoms with Crippen LogP contribution in [0.25, 0.3) is 10.6 Å². The smallest absolute Gasteiger partial charge is 0.137 e. The molecule has 2 rings (SSSR count). The summed E-state index contributed by atoms with van der Waals surface area (Å²) in [5.41, 5.74) is 1.29. The van der Waals surface area contributed by atoms with Gasteiger partial charge in [0.2, 0.25) is 0 Å². The van der Waals surface area contributed by atoms with Gasteiger partial charge in [0.1, 0.15) is 23.9 Å². The van der Waals surface area contributed by atoms with Crippen molar-refractivity contribution in [2.45, 2.75) is 6.92 Å². The molecule has 1 aromatic carbocycles. The second-order valence-corrected chi connectivity index (χ2v) is 6.02. The molecular weight excluding hydrogens is 288 g/mol. The van der Waals surface area contributed by atoms with Crippen LogP contribution in [0.2, 0.25) is 0 Å². The number of para-hydroxylation sites is 1. The number of thiazole rings is 1. The lowest BCUT2D eigenvalue weighted by Crippen LogP contribution is -3.06. The van der Waals surface area contributed by atoms with E-state index in [0.29, 0.717) is 17.3 Å².